The van der Waals surface area contributed by atoms with Gasteiger partial charge in [0.25, 0.3) is 0 Å². The molecule has 1 aromatic heterocycles. The second-order valence-corrected chi connectivity index (χ2v) is 3.33. The lowest BCUT2D eigenvalue weighted by Crippen LogP contribution is -2.18. The lowest BCUT2D eigenvalue weighted by Gasteiger charge is -2.04. The van der Waals surface area contributed by atoms with E-state index in [4.69, 9.17) is 0 Å². The van der Waals surface area contributed by atoms with Crippen molar-refractivity contribution in [2.75, 3.05) is 0 Å². The molecule has 0 N–H and O–H groups in total. The lowest BCUT2D eigenvalue weighted by atomic mass is 11.2. The van der Waals surface area contributed by atoms with Gasteiger partial charge in [0, 0.05) is 0 Å². The molecule has 66 valence electrons. The highest BCUT2D eigenvalue weighted by Crippen LogP contribution is 2.39. The molecule has 0 saturated heterocycles. The van der Waals surface area contributed by atoms with Crippen LogP contribution < -0.4 is 0 Å². The zero-order valence-corrected chi connectivity index (χ0v) is 6.90. The Bertz CT molecular complexity index is 215. The predicted octanol–water partition coefficient (Wildman–Crippen LogP) is 2.84. The molecule has 0 atom stereocenters. The molecule has 11 heavy (non-hydrogen) atoms. The van der Waals surface area contributed by atoms with E-state index in [0.717, 1.165) is 0 Å². The van der Waals surface area contributed by atoms with E-state index in [1.807, 2.05) is 0 Å². The Morgan fingerprint density at radius 3 is 1.27 bits per heavy atom. The van der Waals surface area contributed by atoms with E-state index in [1.54, 1.807) is 0 Å². The van der Waals surface area contributed by atoms with E-state index in [1.165, 1.54) is 0 Å². The van der Waals surface area contributed by atoms with Crippen molar-refractivity contribution >= 4 is 34.9 Å². The first-order valence-electron chi connectivity index (χ1n) is 2.15. The Morgan fingerprint density at radius 2 is 1.18 bits per heavy atom. The molecule has 0 aliphatic heterocycles. The highest BCUT2D eigenvalue weighted by atomic mass is 35.5. The van der Waals surface area contributed by atoms with Gasteiger partial charge in [-0.2, -0.15) is 17.6 Å². The van der Waals surface area contributed by atoms with Gasteiger partial charge in [-0.25, -0.2) is 0 Å². The molecule has 0 fully saturated rings. The molecule has 0 radical (unpaired) electrons. The third-order valence-corrected chi connectivity index (χ3v) is 2.20. The zero-order chi connectivity index (χ0) is 8.86. The van der Waals surface area contributed by atoms with Gasteiger partial charge in [-0.3, -0.25) is 0 Å². The third-order valence-electron chi connectivity index (χ3n) is 0.729. The van der Waals surface area contributed by atoms with Crippen molar-refractivity contribution in [3.05, 3.63) is 0 Å². The number of aromatic nitrogens is 2. The fourth-order valence-corrected chi connectivity index (χ4v) is 1.29. The number of nitrogens with zero attached hydrogens (tertiary/aromatic N) is 2. The monoisotopic (exact) mass is 230 g/mol. The van der Waals surface area contributed by atoms with Crippen LogP contribution in [0.25, 0.3) is 0 Å². The minimum absolute atomic E-state index is 0.0532. The highest BCUT2D eigenvalue weighted by molar-refractivity contribution is 7.05. The van der Waals surface area contributed by atoms with Gasteiger partial charge in [-0.05, 0) is 23.2 Å². The minimum Gasteiger partial charge on any atom is -0.163 e. The second kappa shape index (κ2) is 2.30. The zero-order valence-electron chi connectivity index (χ0n) is 4.57. The maximum absolute atomic E-state index is 11.9. The van der Waals surface area contributed by atoms with Crippen LogP contribution in [0.2, 0.25) is 0 Å². The first-order valence-corrected chi connectivity index (χ1v) is 3.63. The average molecular weight is 231 g/mol. The van der Waals surface area contributed by atoms with Gasteiger partial charge in [-0.15, -0.1) is 8.14 Å². The molecule has 1 rings (SSSR count). The van der Waals surface area contributed by atoms with E-state index < -0.39 is 11.0 Å². The smallest absolute Gasteiger partial charge is 0.163 e. The fraction of sp³-hybridized carbons (Fsp3) is 1.00. The summed E-state index contributed by atoms with van der Waals surface area (Å²) in [6, 6.07) is 0. The van der Waals surface area contributed by atoms with Crippen LogP contribution in [0, 0.1) is 0 Å². The van der Waals surface area contributed by atoms with E-state index >= 15 is 0 Å². The van der Waals surface area contributed by atoms with Gasteiger partial charge < -0.3 is 0 Å². The summed E-state index contributed by atoms with van der Waals surface area (Å²) in [5, 5.41) is 0. The van der Waals surface area contributed by atoms with Crippen molar-refractivity contribution in [3.63, 3.8) is 0 Å². The number of halogens is 6. The summed E-state index contributed by atoms with van der Waals surface area (Å²) < 4.78 is 47.4. The summed E-state index contributed by atoms with van der Waals surface area (Å²) in [5.41, 5.74) is -7.66. The highest BCUT2D eigenvalue weighted by Gasteiger charge is 2.45. The second-order valence-electron chi connectivity index (χ2n) is 1.56. The lowest BCUT2D eigenvalue weighted by molar-refractivity contribution is -0.0383. The Labute approximate surface area is 72.2 Å². The molecule has 0 aliphatic carbocycles. The van der Waals surface area contributed by atoms with E-state index in [2.05, 4.69) is 23.2 Å². The molecule has 0 unspecified atom stereocenters. The summed E-state index contributed by atoms with van der Waals surface area (Å²) in [4.78, 5) is 0. The summed E-state index contributed by atoms with van der Waals surface area (Å²) in [6.07, 6.45) is 0. The predicted molar refractivity (Wildman–Crippen MR) is 32.4 cm³/mol. The van der Waals surface area contributed by atoms with Crippen LogP contribution >= 0.6 is 34.9 Å². The molecule has 0 spiro atoms. The van der Waals surface area contributed by atoms with Gasteiger partial charge >= 0.3 is 11.0 Å². The first-order chi connectivity index (χ1) is 4.73. The van der Waals surface area contributed by atoms with Crippen LogP contribution in [0.1, 0.15) is 0 Å². The van der Waals surface area contributed by atoms with Crippen molar-refractivity contribution in [1.82, 2.24) is 8.14 Å². The number of alkyl halides is 6. The van der Waals surface area contributed by atoms with Gasteiger partial charge in [0.1, 0.15) is 0 Å². The largest absolute Gasteiger partial charge is 0.435 e. The molecule has 1 aromatic rings. The fourth-order valence-electron chi connectivity index (χ4n) is 0.355. The summed E-state index contributed by atoms with van der Waals surface area (Å²) >= 11 is 8.79. The van der Waals surface area contributed by atoms with Crippen LogP contribution in [-0.4, -0.2) is 8.14 Å². The molecule has 0 amide bonds. The van der Waals surface area contributed by atoms with Gasteiger partial charge in [0.05, 0.1) is 11.7 Å². The number of rotatable bonds is 2. The van der Waals surface area contributed by atoms with E-state index in [9.17, 15) is 17.6 Å². The Morgan fingerprint density at radius 1 is 0.909 bits per heavy atom. The van der Waals surface area contributed by atoms with Crippen LogP contribution in [0.5, 0.6) is 0 Å². The van der Waals surface area contributed by atoms with Crippen LogP contribution in [-0.2, 0) is 11.0 Å². The molecule has 0 bridgehead atoms. The van der Waals surface area contributed by atoms with Crippen molar-refractivity contribution in [1.29, 1.82) is 0 Å². The summed E-state index contributed by atoms with van der Waals surface area (Å²) in [6.45, 7) is 0. The normalized spacial score (nSPS) is 14.4. The van der Waals surface area contributed by atoms with Crippen molar-refractivity contribution < 1.29 is 17.6 Å². The third kappa shape index (κ3) is 2.03. The molecular weight excluding hydrogens is 231 g/mol. The van der Waals surface area contributed by atoms with Crippen LogP contribution in [0.15, 0.2) is 0 Å². The Balaban J connectivity index is 2.76. The quantitative estimate of drug-likeness (QED) is 0.547. The first kappa shape index (κ1) is 9.21. The Kier molecular flexibility index (Phi) is 1.93. The summed E-state index contributed by atoms with van der Waals surface area (Å²) in [7, 11) is 0. The SMILES string of the molecule is FC(F)(Cl)n1sn1C(F)(F)Cl. The van der Waals surface area contributed by atoms with Crippen LogP contribution in [0.4, 0.5) is 17.6 Å². The number of hydrogen-bond acceptors (Lipinski definition) is 1. The summed E-state index contributed by atoms with van der Waals surface area (Å²) in [5.74, 6) is 0. The average Bonchev–Trinajstić information content (AvgIpc) is 2.30. The molecule has 1 heterocycles. The molecule has 9 heteroatoms. The van der Waals surface area contributed by atoms with Gasteiger partial charge in [-0.1, -0.05) is 0 Å². The molecule has 2 nitrogen and oxygen atoms in total. The minimum atomic E-state index is -3.83. The topological polar surface area (TPSA) is 9.86 Å². The van der Waals surface area contributed by atoms with E-state index in [0.29, 0.717) is 0 Å². The van der Waals surface area contributed by atoms with Crippen molar-refractivity contribution in [3.8, 4) is 0 Å². The Hall–Kier alpha value is 0.120. The number of hydrogen-bond donors (Lipinski definition) is 0. The molecule has 0 aliphatic rings. The standard InChI is InChI=1S/C2Cl2F4N2S/c3-1(5,6)9-10(11-9)2(4,7)8. The molecular formula is C2Cl2F4N2S. The van der Waals surface area contributed by atoms with Gasteiger partial charge in [0.2, 0.25) is 0 Å². The maximum Gasteiger partial charge on any atom is 0.435 e. The molecule has 0 saturated carbocycles. The van der Waals surface area contributed by atoms with Crippen molar-refractivity contribution in [2.45, 2.75) is 11.0 Å². The maximum atomic E-state index is 11.9. The van der Waals surface area contributed by atoms with Crippen LogP contribution in [0.3, 0.4) is 0 Å². The van der Waals surface area contributed by atoms with Crippen molar-refractivity contribution in [2.24, 2.45) is 0 Å². The molecule has 0 aromatic carbocycles. The van der Waals surface area contributed by atoms with Gasteiger partial charge in [0.15, 0.2) is 0 Å². The van der Waals surface area contributed by atoms with E-state index in [-0.39, 0.29) is 19.9 Å².